The van der Waals surface area contributed by atoms with Crippen molar-refractivity contribution in [1.82, 2.24) is 0 Å². The zero-order chi connectivity index (χ0) is 22.1. The van der Waals surface area contributed by atoms with E-state index in [1.165, 1.54) is 17.8 Å². The molecule has 4 nitrogen and oxygen atoms in total. The number of carbonyl (C=O) groups excluding carboxylic acids is 2. The maximum atomic E-state index is 13.4. The number of halogens is 2. The highest BCUT2D eigenvalue weighted by atomic mass is 35.5. The lowest BCUT2D eigenvalue weighted by Gasteiger charge is -2.17. The summed E-state index contributed by atoms with van der Waals surface area (Å²) < 4.78 is 0. The third-order valence-corrected chi connectivity index (χ3v) is 6.43. The van der Waals surface area contributed by atoms with E-state index in [1.807, 2.05) is 62.4 Å². The van der Waals surface area contributed by atoms with Crippen LogP contribution in [0.5, 0.6) is 0 Å². The molecule has 0 atom stereocenters. The SMILES string of the molecule is Cc1ccc(NC2=C(Sc3ccccc3)C(=O)N(c3ccc(Cl)cc3Cl)C2=O)c(C)c1. The van der Waals surface area contributed by atoms with Crippen LogP contribution in [0.3, 0.4) is 0 Å². The van der Waals surface area contributed by atoms with Gasteiger partial charge in [0.1, 0.15) is 10.6 Å². The van der Waals surface area contributed by atoms with Crippen molar-refractivity contribution in [3.8, 4) is 0 Å². The number of hydrogen-bond donors (Lipinski definition) is 1. The molecule has 1 aliphatic heterocycles. The summed E-state index contributed by atoms with van der Waals surface area (Å²) in [6.45, 7) is 3.95. The highest BCUT2D eigenvalue weighted by Crippen LogP contribution is 2.40. The lowest BCUT2D eigenvalue weighted by molar-refractivity contribution is -0.120. The highest BCUT2D eigenvalue weighted by molar-refractivity contribution is 8.04. The summed E-state index contributed by atoms with van der Waals surface area (Å²) in [5.74, 6) is -0.900. The van der Waals surface area contributed by atoms with Crippen LogP contribution in [0.1, 0.15) is 11.1 Å². The maximum Gasteiger partial charge on any atom is 0.283 e. The van der Waals surface area contributed by atoms with E-state index < -0.39 is 11.8 Å². The first-order valence-electron chi connectivity index (χ1n) is 9.50. The first kappa shape index (κ1) is 21.5. The summed E-state index contributed by atoms with van der Waals surface area (Å²) in [7, 11) is 0. The van der Waals surface area contributed by atoms with Crippen molar-refractivity contribution in [3.63, 3.8) is 0 Å². The predicted molar refractivity (Wildman–Crippen MR) is 128 cm³/mol. The van der Waals surface area contributed by atoms with Crippen LogP contribution in [0, 0.1) is 13.8 Å². The molecule has 0 spiro atoms. The second kappa shape index (κ2) is 8.79. The molecule has 0 aliphatic carbocycles. The predicted octanol–water partition coefficient (Wildman–Crippen LogP) is 6.60. The fourth-order valence-electron chi connectivity index (χ4n) is 3.29. The lowest BCUT2D eigenvalue weighted by Crippen LogP contribution is -2.32. The minimum atomic E-state index is -0.465. The van der Waals surface area contributed by atoms with Crippen LogP contribution in [-0.4, -0.2) is 11.8 Å². The second-order valence-corrected chi connectivity index (χ2v) is 9.03. The lowest BCUT2D eigenvalue weighted by atomic mass is 10.1. The average molecular weight is 469 g/mol. The first-order valence-corrected chi connectivity index (χ1v) is 11.1. The number of nitrogens with one attached hydrogen (secondary N) is 1. The number of hydrogen-bond acceptors (Lipinski definition) is 4. The van der Waals surface area contributed by atoms with Crippen LogP contribution in [-0.2, 0) is 9.59 Å². The van der Waals surface area contributed by atoms with Crippen molar-refractivity contribution < 1.29 is 9.59 Å². The van der Waals surface area contributed by atoms with Crippen LogP contribution in [0.25, 0.3) is 0 Å². The Hall–Kier alpha value is -2.73. The Morgan fingerprint density at radius 1 is 0.871 bits per heavy atom. The van der Waals surface area contributed by atoms with Gasteiger partial charge in [0, 0.05) is 15.6 Å². The van der Waals surface area contributed by atoms with E-state index in [2.05, 4.69) is 5.32 Å². The number of carbonyl (C=O) groups is 2. The molecule has 0 saturated heterocycles. The number of thioether (sulfide) groups is 1. The Kier molecular flexibility index (Phi) is 6.10. The number of rotatable bonds is 5. The maximum absolute atomic E-state index is 13.4. The van der Waals surface area contributed by atoms with Crippen molar-refractivity contribution in [2.75, 3.05) is 10.2 Å². The molecule has 0 unspecified atom stereocenters. The van der Waals surface area contributed by atoms with E-state index in [0.717, 1.165) is 26.6 Å². The summed E-state index contributed by atoms with van der Waals surface area (Å²) in [6.07, 6.45) is 0. The fourth-order valence-corrected chi connectivity index (χ4v) is 4.73. The topological polar surface area (TPSA) is 49.4 Å². The van der Waals surface area contributed by atoms with E-state index >= 15 is 0 Å². The van der Waals surface area contributed by atoms with Crippen molar-refractivity contribution in [3.05, 3.63) is 98.5 Å². The van der Waals surface area contributed by atoms with Crippen LogP contribution in [0.4, 0.5) is 11.4 Å². The Morgan fingerprint density at radius 2 is 1.61 bits per heavy atom. The molecule has 1 heterocycles. The molecule has 31 heavy (non-hydrogen) atoms. The molecule has 0 aromatic heterocycles. The Labute approximate surface area is 194 Å². The highest BCUT2D eigenvalue weighted by Gasteiger charge is 2.41. The van der Waals surface area contributed by atoms with Gasteiger partial charge in [-0.2, -0.15) is 0 Å². The molecule has 0 bridgehead atoms. The van der Waals surface area contributed by atoms with Gasteiger partial charge >= 0.3 is 0 Å². The average Bonchev–Trinajstić information content (AvgIpc) is 2.95. The van der Waals surface area contributed by atoms with E-state index in [1.54, 1.807) is 12.1 Å². The molecule has 156 valence electrons. The number of nitrogens with zero attached hydrogens (tertiary/aromatic N) is 1. The van der Waals surface area contributed by atoms with Crippen molar-refractivity contribution in [2.24, 2.45) is 0 Å². The third-order valence-electron chi connectivity index (χ3n) is 4.80. The molecular weight excluding hydrogens is 451 g/mol. The number of anilines is 2. The molecule has 1 N–H and O–H groups in total. The molecule has 4 rings (SSSR count). The van der Waals surface area contributed by atoms with Crippen LogP contribution < -0.4 is 10.2 Å². The summed E-state index contributed by atoms with van der Waals surface area (Å²) in [6, 6.07) is 20.0. The van der Waals surface area contributed by atoms with E-state index in [4.69, 9.17) is 23.2 Å². The van der Waals surface area contributed by atoms with Gasteiger partial charge in [-0.15, -0.1) is 0 Å². The molecule has 2 amide bonds. The number of aryl methyl sites for hydroxylation is 2. The first-order chi connectivity index (χ1) is 14.8. The Bertz CT molecular complexity index is 1230. The third kappa shape index (κ3) is 4.35. The molecule has 3 aromatic rings. The molecule has 7 heteroatoms. The van der Waals surface area contributed by atoms with Gasteiger partial charge in [0.2, 0.25) is 0 Å². The van der Waals surface area contributed by atoms with Crippen LogP contribution in [0.15, 0.2) is 82.2 Å². The molecule has 3 aromatic carbocycles. The van der Waals surface area contributed by atoms with Gasteiger partial charge in [-0.3, -0.25) is 9.59 Å². The fraction of sp³-hybridized carbons (Fsp3) is 0.0833. The molecular formula is C24H18Cl2N2O2S. The number of imide groups is 1. The van der Waals surface area contributed by atoms with E-state index in [-0.39, 0.29) is 10.7 Å². The molecule has 0 saturated carbocycles. The van der Waals surface area contributed by atoms with Gasteiger partial charge in [-0.25, -0.2) is 4.90 Å². The molecule has 0 fully saturated rings. The number of amides is 2. The van der Waals surface area contributed by atoms with E-state index in [0.29, 0.717) is 15.6 Å². The monoisotopic (exact) mass is 468 g/mol. The normalized spacial score (nSPS) is 13.9. The van der Waals surface area contributed by atoms with Crippen LogP contribution in [0.2, 0.25) is 10.0 Å². The standard InChI is InChI=1S/C24H18Cl2N2O2S/c1-14-8-10-19(15(2)12-14)27-21-22(31-17-6-4-3-5-7-17)24(30)28(23(21)29)20-11-9-16(25)13-18(20)26/h3-13,27H,1-2H3. The van der Waals surface area contributed by atoms with E-state index in [9.17, 15) is 9.59 Å². The van der Waals surface area contributed by atoms with Gasteiger partial charge < -0.3 is 5.32 Å². The van der Waals surface area contributed by atoms with Crippen molar-refractivity contribution in [2.45, 2.75) is 18.7 Å². The summed E-state index contributed by atoms with van der Waals surface area (Å²) in [4.78, 5) is 29.1. The zero-order valence-electron chi connectivity index (χ0n) is 16.8. The summed E-state index contributed by atoms with van der Waals surface area (Å²) in [5.41, 5.74) is 3.36. The van der Waals surface area contributed by atoms with Gasteiger partial charge in [0.15, 0.2) is 0 Å². The largest absolute Gasteiger partial charge is 0.350 e. The van der Waals surface area contributed by atoms with Gasteiger partial charge in [-0.05, 0) is 55.8 Å². The summed E-state index contributed by atoms with van der Waals surface area (Å²) >= 11 is 13.6. The van der Waals surface area contributed by atoms with Crippen molar-refractivity contribution >= 4 is 58.2 Å². The minimum Gasteiger partial charge on any atom is -0.350 e. The Morgan fingerprint density at radius 3 is 2.29 bits per heavy atom. The Balaban J connectivity index is 1.78. The molecule has 1 aliphatic rings. The zero-order valence-corrected chi connectivity index (χ0v) is 19.1. The minimum absolute atomic E-state index is 0.219. The van der Waals surface area contributed by atoms with Gasteiger partial charge in [-0.1, -0.05) is 70.9 Å². The number of benzene rings is 3. The molecule has 0 radical (unpaired) electrons. The quantitative estimate of drug-likeness (QED) is 0.428. The smallest absolute Gasteiger partial charge is 0.283 e. The van der Waals surface area contributed by atoms with Crippen molar-refractivity contribution in [1.29, 1.82) is 0 Å². The van der Waals surface area contributed by atoms with Crippen LogP contribution >= 0.6 is 35.0 Å². The second-order valence-electron chi connectivity index (χ2n) is 7.10. The summed E-state index contributed by atoms with van der Waals surface area (Å²) in [5, 5.41) is 3.85. The van der Waals surface area contributed by atoms with Gasteiger partial charge in [0.25, 0.3) is 11.8 Å². The van der Waals surface area contributed by atoms with Gasteiger partial charge in [0.05, 0.1) is 10.7 Å².